The molecule has 4 N–H and O–H groups in total. The van der Waals surface area contributed by atoms with Gasteiger partial charge in [-0.25, -0.2) is 0 Å². The quantitative estimate of drug-likeness (QED) is 0.160. The zero-order valence-corrected chi connectivity index (χ0v) is 14.8. The molecule has 0 heterocycles. The van der Waals surface area contributed by atoms with Gasteiger partial charge in [0, 0.05) is 27.7 Å². The summed E-state index contributed by atoms with van der Waals surface area (Å²) in [4.78, 5) is 45.2. The van der Waals surface area contributed by atoms with Gasteiger partial charge in [-0.1, -0.05) is 0 Å². The molecular weight excluding hydrogens is 352 g/mol. The van der Waals surface area contributed by atoms with Gasteiger partial charge in [0.25, 0.3) is 0 Å². The van der Waals surface area contributed by atoms with E-state index in [0.29, 0.717) is 0 Å². The fourth-order valence-corrected chi connectivity index (χ4v) is 1.69. The van der Waals surface area contributed by atoms with Crippen LogP contribution >= 0.6 is 0 Å². The maximum absolute atomic E-state index is 11.4. The van der Waals surface area contributed by atoms with E-state index in [-0.39, 0.29) is 5.96 Å². The molecule has 0 aromatic rings. The number of nitrogens with zero attached hydrogens (tertiary/aromatic N) is 2. The van der Waals surface area contributed by atoms with Crippen molar-refractivity contribution in [1.82, 2.24) is 0 Å². The third-order valence-corrected chi connectivity index (χ3v) is 2.45. The van der Waals surface area contributed by atoms with E-state index in [1.165, 1.54) is 0 Å². The Morgan fingerprint density at radius 2 is 1.42 bits per heavy atom. The van der Waals surface area contributed by atoms with Crippen LogP contribution in [-0.4, -0.2) is 61.0 Å². The number of carbonyl (C=O) groups is 4. The normalized spacial score (nSPS) is 13.8. The van der Waals surface area contributed by atoms with E-state index >= 15 is 0 Å². The molecular formula is C14H22N4O8. The third kappa shape index (κ3) is 10.6. The van der Waals surface area contributed by atoms with Crippen LogP contribution in [0, 0.1) is 0 Å². The van der Waals surface area contributed by atoms with Crippen LogP contribution in [0.1, 0.15) is 27.7 Å². The van der Waals surface area contributed by atoms with E-state index in [1.807, 2.05) is 0 Å². The molecule has 146 valence electrons. The summed E-state index contributed by atoms with van der Waals surface area (Å²) >= 11 is 0. The summed E-state index contributed by atoms with van der Waals surface area (Å²) in [6, 6.07) is 0. The fourth-order valence-electron chi connectivity index (χ4n) is 1.69. The number of esters is 4. The molecule has 12 heteroatoms. The summed E-state index contributed by atoms with van der Waals surface area (Å²) in [5.74, 6) is -3.31. The average molecular weight is 374 g/mol. The van der Waals surface area contributed by atoms with Crippen LogP contribution in [0.2, 0.25) is 0 Å². The smallest absolute Gasteiger partial charge is 0.303 e. The van der Waals surface area contributed by atoms with E-state index in [9.17, 15) is 19.2 Å². The third-order valence-electron chi connectivity index (χ3n) is 2.45. The summed E-state index contributed by atoms with van der Waals surface area (Å²) in [5, 5.41) is 6.85. The maximum atomic E-state index is 11.4. The second kappa shape index (κ2) is 11.4. The van der Waals surface area contributed by atoms with Gasteiger partial charge >= 0.3 is 23.9 Å². The molecule has 12 nitrogen and oxygen atoms in total. The van der Waals surface area contributed by atoms with Crippen molar-refractivity contribution in [2.75, 3.05) is 6.61 Å². The molecule has 0 aliphatic carbocycles. The van der Waals surface area contributed by atoms with Crippen LogP contribution in [0.3, 0.4) is 0 Å². The lowest BCUT2D eigenvalue weighted by Gasteiger charge is -2.29. The van der Waals surface area contributed by atoms with Gasteiger partial charge < -0.3 is 30.4 Å². The first-order chi connectivity index (χ1) is 12.0. The molecule has 0 rings (SSSR count). The van der Waals surface area contributed by atoms with Crippen molar-refractivity contribution in [2.24, 2.45) is 21.7 Å². The van der Waals surface area contributed by atoms with Crippen LogP contribution in [-0.2, 0) is 38.1 Å². The molecule has 0 aromatic heterocycles. The number of hydrogen-bond donors (Lipinski definition) is 2. The SMILES string of the molecule is CC(=O)OC[C@@H](OC(C)=O)[C@@H](OC(C)=O)[C@@H](/C=N\N=C(N)N)OC(C)=O. The van der Waals surface area contributed by atoms with Crippen molar-refractivity contribution in [1.29, 1.82) is 0 Å². The Morgan fingerprint density at radius 1 is 0.885 bits per heavy atom. The lowest BCUT2D eigenvalue weighted by Crippen LogP contribution is -2.48. The predicted octanol–water partition coefficient (Wildman–Crippen LogP) is -1.40. The Bertz CT molecular complexity index is 585. The monoisotopic (exact) mass is 374 g/mol. The molecule has 0 amide bonds. The average Bonchev–Trinajstić information content (AvgIpc) is 2.46. The predicted molar refractivity (Wildman–Crippen MR) is 87.6 cm³/mol. The van der Waals surface area contributed by atoms with Gasteiger partial charge in [0.15, 0.2) is 18.3 Å². The number of ether oxygens (including phenoxy) is 4. The molecule has 0 fully saturated rings. The standard InChI is InChI=1S/C14H22N4O8/c1-7(19)23-6-12(25-9(3)21)13(26-10(4)22)11(24-8(2)20)5-17-18-14(15)16/h5,11-13H,6H2,1-4H3,(H4,15,16,18)/b17-5-/t11-,12-,13+/m1/s1. The fraction of sp³-hybridized carbons (Fsp3) is 0.571. The summed E-state index contributed by atoms with van der Waals surface area (Å²) in [5.41, 5.74) is 10.3. The van der Waals surface area contributed by atoms with E-state index < -0.39 is 48.8 Å². The number of carbonyl (C=O) groups excluding carboxylic acids is 4. The molecule has 0 radical (unpaired) electrons. The van der Waals surface area contributed by atoms with Crippen LogP contribution in [0.15, 0.2) is 10.2 Å². The summed E-state index contributed by atoms with van der Waals surface area (Å²) < 4.78 is 19.9. The van der Waals surface area contributed by atoms with Gasteiger partial charge in [0.2, 0.25) is 5.96 Å². The van der Waals surface area contributed by atoms with Crippen molar-refractivity contribution in [3.05, 3.63) is 0 Å². The Labute approximate surface area is 149 Å². The zero-order valence-electron chi connectivity index (χ0n) is 14.8. The second-order valence-corrected chi connectivity index (χ2v) is 4.89. The van der Waals surface area contributed by atoms with Gasteiger partial charge in [-0.2, -0.15) is 5.10 Å². The highest BCUT2D eigenvalue weighted by molar-refractivity contribution is 5.77. The highest BCUT2D eigenvalue weighted by Crippen LogP contribution is 2.14. The molecule has 0 aromatic carbocycles. The van der Waals surface area contributed by atoms with Gasteiger partial charge in [-0.15, -0.1) is 5.10 Å². The first-order valence-electron chi connectivity index (χ1n) is 7.30. The van der Waals surface area contributed by atoms with E-state index in [0.717, 1.165) is 33.9 Å². The number of hydrogen-bond acceptors (Lipinski definition) is 10. The van der Waals surface area contributed by atoms with Crippen molar-refractivity contribution in [3.63, 3.8) is 0 Å². The number of guanidine groups is 1. The Kier molecular flexibility index (Phi) is 9.99. The molecule has 3 atom stereocenters. The number of rotatable bonds is 9. The number of nitrogens with two attached hydrogens (primary N) is 2. The van der Waals surface area contributed by atoms with Crippen LogP contribution in [0.25, 0.3) is 0 Å². The maximum Gasteiger partial charge on any atom is 0.303 e. The van der Waals surface area contributed by atoms with Crippen molar-refractivity contribution < 1.29 is 38.1 Å². The summed E-state index contributed by atoms with van der Waals surface area (Å²) in [6.45, 7) is 3.96. The van der Waals surface area contributed by atoms with Gasteiger partial charge in [-0.05, 0) is 0 Å². The largest absolute Gasteiger partial charge is 0.462 e. The molecule has 0 unspecified atom stereocenters. The minimum Gasteiger partial charge on any atom is -0.462 e. The minimum atomic E-state index is -1.38. The molecule has 0 spiro atoms. The Hall–Kier alpha value is -3.18. The second-order valence-electron chi connectivity index (χ2n) is 4.89. The van der Waals surface area contributed by atoms with Crippen molar-refractivity contribution >= 4 is 36.1 Å². The highest BCUT2D eigenvalue weighted by Gasteiger charge is 2.37. The molecule has 0 aliphatic rings. The Morgan fingerprint density at radius 3 is 1.85 bits per heavy atom. The minimum absolute atomic E-state index is 0.372. The topological polar surface area (TPSA) is 182 Å². The van der Waals surface area contributed by atoms with Crippen LogP contribution in [0.5, 0.6) is 0 Å². The van der Waals surface area contributed by atoms with Gasteiger partial charge in [0.1, 0.15) is 6.61 Å². The molecule has 26 heavy (non-hydrogen) atoms. The van der Waals surface area contributed by atoms with Crippen molar-refractivity contribution in [3.8, 4) is 0 Å². The molecule has 0 aliphatic heterocycles. The van der Waals surface area contributed by atoms with Gasteiger partial charge in [-0.3, -0.25) is 19.2 Å². The van der Waals surface area contributed by atoms with E-state index in [2.05, 4.69) is 10.2 Å². The lowest BCUT2D eigenvalue weighted by atomic mass is 10.1. The van der Waals surface area contributed by atoms with Crippen LogP contribution < -0.4 is 11.5 Å². The van der Waals surface area contributed by atoms with Crippen molar-refractivity contribution in [2.45, 2.75) is 46.0 Å². The van der Waals surface area contributed by atoms with Crippen LogP contribution in [0.4, 0.5) is 0 Å². The Balaban J connectivity index is 5.77. The van der Waals surface area contributed by atoms with E-state index in [4.69, 9.17) is 30.4 Å². The zero-order chi connectivity index (χ0) is 20.3. The molecule has 0 saturated carbocycles. The lowest BCUT2D eigenvalue weighted by molar-refractivity contribution is -0.183. The summed E-state index contributed by atoms with van der Waals surface area (Å²) in [7, 11) is 0. The molecule has 0 bridgehead atoms. The molecule has 0 saturated heterocycles. The summed E-state index contributed by atoms with van der Waals surface area (Å²) in [6.07, 6.45) is -3.02. The van der Waals surface area contributed by atoms with Gasteiger partial charge in [0.05, 0.1) is 6.21 Å². The first-order valence-corrected chi connectivity index (χ1v) is 7.30. The first kappa shape index (κ1) is 22.8. The highest BCUT2D eigenvalue weighted by atomic mass is 16.6. The van der Waals surface area contributed by atoms with E-state index in [1.54, 1.807) is 0 Å².